The molecule has 2 rings (SSSR count). The van der Waals surface area contributed by atoms with Gasteiger partial charge in [-0.1, -0.05) is 11.8 Å². The molecule has 9 heteroatoms. The highest BCUT2D eigenvalue weighted by Crippen LogP contribution is 2.34. The maximum atomic E-state index is 13.3. The minimum Gasteiger partial charge on any atom is -0.303 e. The van der Waals surface area contributed by atoms with Crippen molar-refractivity contribution in [2.45, 2.75) is 13.1 Å². The van der Waals surface area contributed by atoms with Gasteiger partial charge < -0.3 is 5.32 Å². The lowest BCUT2D eigenvalue weighted by molar-refractivity contribution is -0.138. The summed E-state index contributed by atoms with van der Waals surface area (Å²) >= 11 is 1.09. The lowest BCUT2D eigenvalue weighted by Gasteiger charge is -2.13. The number of carbonyl (C=O) groups excluding carboxylic acids is 1. The molecule has 0 bridgehead atoms. The van der Waals surface area contributed by atoms with Gasteiger partial charge in [0.1, 0.15) is 5.82 Å². The van der Waals surface area contributed by atoms with Crippen LogP contribution in [0.3, 0.4) is 0 Å². The Balaban J connectivity index is 2.32. The maximum Gasteiger partial charge on any atom is 0.417 e. The van der Waals surface area contributed by atoms with E-state index in [1.54, 1.807) is 0 Å². The summed E-state index contributed by atoms with van der Waals surface area (Å²) in [6.07, 6.45) is -3.82. The molecule has 1 fully saturated rings. The fraction of sp³-hybridized carbons (Fsp3) is 0.250. The molecular weight excluding hydrogens is 310 g/mol. The van der Waals surface area contributed by atoms with Gasteiger partial charge in [0.05, 0.1) is 17.5 Å². The molecular formula is C12H9F4N3OS. The van der Waals surface area contributed by atoms with Crippen LogP contribution in [-0.4, -0.2) is 23.0 Å². The van der Waals surface area contributed by atoms with Crippen molar-refractivity contribution in [2.75, 3.05) is 5.75 Å². The Morgan fingerprint density at radius 2 is 2.10 bits per heavy atom. The zero-order chi connectivity index (χ0) is 15.6. The Labute approximate surface area is 121 Å². The number of thioether (sulfide) groups is 1. The summed E-state index contributed by atoms with van der Waals surface area (Å²) in [5, 5.41) is 9.70. The SMILES string of the molecule is Cc1c(F)ccc(C=NN=C2NC(=O)CS2)c1C(F)(F)F. The van der Waals surface area contributed by atoms with E-state index in [1.807, 2.05) is 0 Å². The second-order valence-corrected chi connectivity index (χ2v) is 5.08. The summed E-state index contributed by atoms with van der Waals surface area (Å²) in [5.41, 5.74) is -1.88. The van der Waals surface area contributed by atoms with Crippen molar-refractivity contribution < 1.29 is 22.4 Å². The number of hydrogen-bond acceptors (Lipinski definition) is 4. The van der Waals surface area contributed by atoms with E-state index >= 15 is 0 Å². The van der Waals surface area contributed by atoms with Crippen molar-refractivity contribution in [1.82, 2.24) is 5.32 Å². The number of carbonyl (C=O) groups is 1. The quantitative estimate of drug-likeness (QED) is 0.518. The molecule has 1 amide bonds. The second kappa shape index (κ2) is 5.84. The van der Waals surface area contributed by atoms with Crippen molar-refractivity contribution >= 4 is 29.1 Å². The van der Waals surface area contributed by atoms with Crippen LogP contribution in [0.1, 0.15) is 16.7 Å². The van der Waals surface area contributed by atoms with E-state index in [0.29, 0.717) is 0 Å². The van der Waals surface area contributed by atoms with Gasteiger partial charge >= 0.3 is 6.18 Å². The summed E-state index contributed by atoms with van der Waals surface area (Å²) in [4.78, 5) is 10.9. The van der Waals surface area contributed by atoms with Crippen molar-refractivity contribution in [1.29, 1.82) is 0 Å². The molecule has 0 unspecified atom stereocenters. The molecule has 4 nitrogen and oxygen atoms in total. The zero-order valence-corrected chi connectivity index (χ0v) is 11.5. The summed E-state index contributed by atoms with van der Waals surface area (Å²) < 4.78 is 52.1. The van der Waals surface area contributed by atoms with E-state index in [1.165, 1.54) is 0 Å². The van der Waals surface area contributed by atoms with Gasteiger partial charge in [-0.3, -0.25) is 4.79 Å². The maximum absolute atomic E-state index is 13.3. The fourth-order valence-electron chi connectivity index (χ4n) is 1.71. The van der Waals surface area contributed by atoms with Crippen LogP contribution in [-0.2, 0) is 11.0 Å². The lowest BCUT2D eigenvalue weighted by atomic mass is 10.0. The van der Waals surface area contributed by atoms with Crippen molar-refractivity contribution in [3.63, 3.8) is 0 Å². The van der Waals surface area contributed by atoms with Crippen LogP contribution < -0.4 is 5.32 Å². The molecule has 0 spiro atoms. The number of rotatable bonds is 2. The predicted molar refractivity (Wildman–Crippen MR) is 71.8 cm³/mol. The Morgan fingerprint density at radius 1 is 1.38 bits per heavy atom. The molecule has 1 aliphatic rings. The minimum atomic E-state index is -4.70. The molecule has 1 aromatic rings. The standard InChI is InChI=1S/C12H9F4N3OS/c1-6-8(13)3-2-7(10(6)12(14,15)16)4-17-19-11-18-9(20)5-21-11/h2-4H,5H2,1H3,(H,18,19,20). The van der Waals surface area contributed by atoms with Gasteiger partial charge in [-0.25, -0.2) is 4.39 Å². The van der Waals surface area contributed by atoms with E-state index in [4.69, 9.17) is 0 Å². The molecule has 1 saturated heterocycles. The molecule has 0 saturated carbocycles. The Bertz CT molecular complexity index is 640. The molecule has 1 aromatic carbocycles. The number of halogens is 4. The van der Waals surface area contributed by atoms with Gasteiger partial charge in [0.25, 0.3) is 0 Å². The van der Waals surface area contributed by atoms with Crippen molar-refractivity contribution in [2.24, 2.45) is 10.2 Å². The third-order valence-corrected chi connectivity index (χ3v) is 3.51. The number of amides is 1. The van der Waals surface area contributed by atoms with Crippen LogP contribution in [0.5, 0.6) is 0 Å². The normalized spacial score (nSPS) is 17.8. The Kier molecular flexibility index (Phi) is 4.31. The smallest absolute Gasteiger partial charge is 0.303 e. The van der Waals surface area contributed by atoms with Crippen LogP contribution in [0, 0.1) is 12.7 Å². The van der Waals surface area contributed by atoms with E-state index in [9.17, 15) is 22.4 Å². The van der Waals surface area contributed by atoms with Crippen LogP contribution >= 0.6 is 11.8 Å². The molecule has 1 aliphatic heterocycles. The number of alkyl halides is 3. The van der Waals surface area contributed by atoms with E-state index < -0.39 is 23.1 Å². The molecule has 0 aromatic heterocycles. The molecule has 0 aliphatic carbocycles. The van der Waals surface area contributed by atoms with Gasteiger partial charge in [-0.2, -0.15) is 18.3 Å². The first-order chi connectivity index (χ1) is 9.79. The third kappa shape index (κ3) is 3.60. The van der Waals surface area contributed by atoms with Crippen LogP contribution in [0.4, 0.5) is 17.6 Å². The van der Waals surface area contributed by atoms with Gasteiger partial charge in [0, 0.05) is 5.56 Å². The monoisotopic (exact) mass is 319 g/mol. The summed E-state index contributed by atoms with van der Waals surface area (Å²) in [5.74, 6) is -0.996. The highest BCUT2D eigenvalue weighted by molar-refractivity contribution is 8.15. The average Bonchev–Trinajstić information content (AvgIpc) is 2.78. The Morgan fingerprint density at radius 3 is 2.67 bits per heavy atom. The highest BCUT2D eigenvalue weighted by Gasteiger charge is 2.35. The van der Waals surface area contributed by atoms with Crippen molar-refractivity contribution in [3.8, 4) is 0 Å². The number of hydrogen-bond donors (Lipinski definition) is 1. The van der Waals surface area contributed by atoms with Gasteiger partial charge in [0.15, 0.2) is 5.17 Å². The first-order valence-electron chi connectivity index (χ1n) is 5.69. The summed E-state index contributed by atoms with van der Waals surface area (Å²) in [6, 6.07) is 1.92. The Hall–Kier alpha value is -1.90. The van der Waals surface area contributed by atoms with Crippen LogP contribution in [0.25, 0.3) is 0 Å². The summed E-state index contributed by atoms with van der Waals surface area (Å²) in [7, 11) is 0. The van der Waals surface area contributed by atoms with E-state index in [-0.39, 0.29) is 22.4 Å². The van der Waals surface area contributed by atoms with E-state index in [0.717, 1.165) is 37.0 Å². The first-order valence-corrected chi connectivity index (χ1v) is 6.67. The number of nitrogens with one attached hydrogen (secondary N) is 1. The largest absolute Gasteiger partial charge is 0.417 e. The second-order valence-electron chi connectivity index (χ2n) is 4.12. The van der Waals surface area contributed by atoms with E-state index in [2.05, 4.69) is 15.5 Å². The molecule has 0 atom stereocenters. The molecule has 112 valence electrons. The van der Waals surface area contributed by atoms with Gasteiger partial charge in [-0.15, -0.1) is 5.10 Å². The summed E-state index contributed by atoms with van der Waals surface area (Å²) in [6.45, 7) is 1.05. The van der Waals surface area contributed by atoms with Crippen LogP contribution in [0.15, 0.2) is 22.3 Å². The number of nitrogens with zero attached hydrogens (tertiary/aromatic N) is 2. The fourth-order valence-corrected chi connectivity index (χ4v) is 2.34. The third-order valence-electron chi connectivity index (χ3n) is 2.65. The minimum absolute atomic E-state index is 0.192. The molecule has 21 heavy (non-hydrogen) atoms. The highest BCUT2D eigenvalue weighted by atomic mass is 32.2. The van der Waals surface area contributed by atoms with Gasteiger partial charge in [-0.05, 0) is 24.6 Å². The molecule has 0 radical (unpaired) electrons. The van der Waals surface area contributed by atoms with Crippen LogP contribution in [0.2, 0.25) is 0 Å². The number of benzene rings is 1. The average molecular weight is 319 g/mol. The predicted octanol–water partition coefficient (Wildman–Crippen LogP) is 2.71. The van der Waals surface area contributed by atoms with Crippen molar-refractivity contribution in [3.05, 3.63) is 34.6 Å². The van der Waals surface area contributed by atoms with Gasteiger partial charge in [0.2, 0.25) is 5.91 Å². The first kappa shape index (κ1) is 15.5. The topological polar surface area (TPSA) is 53.8 Å². The number of amidine groups is 1. The zero-order valence-electron chi connectivity index (χ0n) is 10.7. The molecule has 1 N–H and O–H groups in total. The molecule has 1 heterocycles. The lowest BCUT2D eigenvalue weighted by Crippen LogP contribution is -2.19.